The maximum absolute atomic E-state index is 14.9. The van der Waals surface area contributed by atoms with E-state index < -0.39 is 83.8 Å². The quantitative estimate of drug-likeness (QED) is 0.158. The zero-order chi connectivity index (χ0) is 52.0. The molecule has 7 heterocycles. The van der Waals surface area contributed by atoms with Gasteiger partial charge in [-0.05, 0) is 132 Å². The minimum Gasteiger partial charge on any atom is -0.459 e. The average Bonchev–Trinajstić information content (AvgIpc) is 3.87. The van der Waals surface area contributed by atoms with E-state index in [2.05, 4.69) is 35.8 Å². The van der Waals surface area contributed by atoms with Crippen LogP contribution in [0.1, 0.15) is 127 Å². The van der Waals surface area contributed by atoms with Crippen molar-refractivity contribution in [2.24, 2.45) is 28.8 Å². The van der Waals surface area contributed by atoms with Gasteiger partial charge in [-0.2, -0.15) is 5.10 Å². The summed E-state index contributed by atoms with van der Waals surface area (Å²) in [6, 6.07) is 5.28. The van der Waals surface area contributed by atoms with E-state index in [4.69, 9.17) is 43.2 Å². The molecule has 0 spiro atoms. The zero-order valence-corrected chi connectivity index (χ0v) is 45.1. The maximum atomic E-state index is 14.9. The smallest absolute Gasteiger partial charge is 0.311 e. The van der Waals surface area contributed by atoms with Crippen molar-refractivity contribution < 1.29 is 58.1 Å². The molecule has 0 amide bonds. The highest BCUT2D eigenvalue weighted by atomic mass is 16.7. The van der Waals surface area contributed by atoms with Gasteiger partial charge in [-0.3, -0.25) is 4.79 Å². The molecule has 0 aliphatic carbocycles. The van der Waals surface area contributed by atoms with E-state index in [9.17, 15) is 20.1 Å². The molecule has 5 saturated heterocycles. The summed E-state index contributed by atoms with van der Waals surface area (Å²) in [5, 5.41) is 45.4. The Bertz CT molecular complexity index is 1990. The average molecular weight is 1000 g/mol. The molecule has 7 rings (SSSR count). The Morgan fingerprint density at radius 3 is 2.39 bits per heavy atom. The van der Waals surface area contributed by atoms with Crippen molar-refractivity contribution in [2.45, 2.75) is 212 Å². The number of rotatable bonds is 13. The van der Waals surface area contributed by atoms with Gasteiger partial charge in [0.05, 0.1) is 53.9 Å². The van der Waals surface area contributed by atoms with Gasteiger partial charge in [0.2, 0.25) is 0 Å². The van der Waals surface area contributed by atoms with E-state index in [0.29, 0.717) is 50.2 Å². The topological polar surface area (TPSA) is 201 Å². The third-order valence-corrected chi connectivity index (χ3v) is 16.2. The summed E-state index contributed by atoms with van der Waals surface area (Å²) in [5.74, 6) is -1.91. The van der Waals surface area contributed by atoms with Crippen molar-refractivity contribution >= 4 is 11.7 Å². The molecule has 18 nitrogen and oxygen atoms in total. The Kier molecular flexibility index (Phi) is 19.7. The number of carbonyl (C=O) groups excluding carboxylic acids is 1. The van der Waals surface area contributed by atoms with Crippen LogP contribution in [0.5, 0.6) is 0 Å². The third-order valence-electron chi connectivity index (χ3n) is 16.2. The van der Waals surface area contributed by atoms with Crippen LogP contribution in [-0.2, 0) is 49.4 Å². The highest BCUT2D eigenvalue weighted by Crippen LogP contribution is 2.43. The van der Waals surface area contributed by atoms with Crippen LogP contribution < -0.4 is 0 Å². The molecule has 0 aromatic carbocycles. The van der Waals surface area contributed by atoms with Gasteiger partial charge in [-0.1, -0.05) is 38.9 Å². The van der Waals surface area contributed by atoms with E-state index in [1.54, 1.807) is 45.0 Å². The monoisotopic (exact) mass is 1000 g/mol. The maximum Gasteiger partial charge on any atom is 0.311 e. The fourth-order valence-corrected chi connectivity index (χ4v) is 11.9. The summed E-state index contributed by atoms with van der Waals surface area (Å²) in [6.07, 6.45) is 0.922. The molecule has 0 saturated carbocycles. The molecule has 0 unspecified atom stereocenters. The Morgan fingerprint density at radius 2 is 1.76 bits per heavy atom. The van der Waals surface area contributed by atoms with Crippen LogP contribution in [-0.4, -0.2) is 177 Å². The van der Waals surface area contributed by atoms with E-state index in [1.165, 1.54) is 0 Å². The van der Waals surface area contributed by atoms with Gasteiger partial charge >= 0.3 is 5.97 Å². The van der Waals surface area contributed by atoms with Crippen LogP contribution in [0.25, 0.3) is 5.82 Å². The number of fused-ring (bicyclic) bond motifs is 15. The van der Waals surface area contributed by atoms with E-state index in [0.717, 1.165) is 18.5 Å². The lowest BCUT2D eigenvalue weighted by Crippen LogP contribution is -2.61. The van der Waals surface area contributed by atoms with Crippen LogP contribution in [0.4, 0.5) is 0 Å². The van der Waals surface area contributed by atoms with Crippen molar-refractivity contribution in [3.8, 4) is 5.82 Å². The number of oxime groups is 1. The largest absolute Gasteiger partial charge is 0.459 e. The number of esters is 1. The van der Waals surface area contributed by atoms with Gasteiger partial charge < -0.3 is 63.1 Å². The normalized spacial score (nSPS) is 41.1. The Hall–Kier alpha value is -3.14. The second-order valence-electron chi connectivity index (χ2n) is 22.1. The molecule has 2 aromatic heterocycles. The van der Waals surface area contributed by atoms with Gasteiger partial charge in [0.15, 0.2) is 18.4 Å². The van der Waals surface area contributed by atoms with Gasteiger partial charge in [0.25, 0.3) is 0 Å². The summed E-state index contributed by atoms with van der Waals surface area (Å²) in [4.78, 5) is 30.1. The molecule has 3 N–H and O–H groups in total. The van der Waals surface area contributed by atoms with Gasteiger partial charge in [0, 0.05) is 62.2 Å². The number of aliphatic hydroxyl groups excluding tert-OH is 2. The van der Waals surface area contributed by atoms with Gasteiger partial charge in [0.1, 0.15) is 30.5 Å². The van der Waals surface area contributed by atoms with Crippen molar-refractivity contribution in [2.75, 3.05) is 40.9 Å². The molecule has 402 valence electrons. The van der Waals surface area contributed by atoms with Crippen molar-refractivity contribution in [3.63, 3.8) is 0 Å². The summed E-state index contributed by atoms with van der Waals surface area (Å²) in [6.45, 7) is 23.2. The number of hydrogen-bond acceptors (Lipinski definition) is 17. The van der Waals surface area contributed by atoms with E-state index >= 15 is 0 Å². The number of nitrogens with zero attached hydrogens (tertiary/aromatic N) is 6. The molecule has 71 heavy (non-hydrogen) atoms. The fraction of sp³-hybridized carbons (Fsp3) is 0.811. The Labute approximate surface area is 423 Å². The second-order valence-corrected chi connectivity index (χ2v) is 22.1. The lowest BCUT2D eigenvalue weighted by Gasteiger charge is -2.50. The Balaban J connectivity index is 1.50. The second kappa shape index (κ2) is 24.5. The molecule has 18 heteroatoms. The van der Waals surface area contributed by atoms with E-state index in [-0.39, 0.29) is 49.7 Å². The minimum atomic E-state index is -1.47. The van der Waals surface area contributed by atoms with Crippen LogP contribution in [0.2, 0.25) is 0 Å². The van der Waals surface area contributed by atoms with Crippen molar-refractivity contribution in [1.82, 2.24) is 24.6 Å². The predicted octanol–water partition coefficient (Wildman–Crippen LogP) is 5.91. The first-order chi connectivity index (χ1) is 33.5. The fourth-order valence-electron chi connectivity index (χ4n) is 11.9. The number of aromatic nitrogens is 3. The van der Waals surface area contributed by atoms with Gasteiger partial charge in [-0.25, -0.2) is 9.67 Å². The molecule has 5 fully saturated rings. The summed E-state index contributed by atoms with van der Waals surface area (Å²) in [7, 11) is 5.42. The SMILES string of the molecule is CCCN1C[C@H](C)[C@H]2CC/C(=N\OCc3ccc(-n4cccn4)nc3)CO[C@](C)(C[C@H]1C)[C@H](O[C@@H]1O[C@H](C)C[C@H](N(C)C)[C@H]1O)[C@@H](C)[C@H](O[C@H]1C[C@@](C)(OC)[C@@H](O)[C@H](C)O1)[C@@H](C)C(=O)O[C@H](CC)[C@@]2(C)O. The number of likely N-dealkylation sites (N-methyl/N-ethyl adjacent to an activating group) is 1. The highest BCUT2D eigenvalue weighted by Gasteiger charge is 2.54. The number of ether oxygens (including phenoxy) is 7. The number of pyridine rings is 1. The Morgan fingerprint density at radius 1 is 1.01 bits per heavy atom. The molecule has 2 bridgehead atoms. The van der Waals surface area contributed by atoms with Crippen molar-refractivity contribution in [3.05, 3.63) is 42.4 Å². The standard InChI is InChI=1S/C53H88N6O12/c1-15-23-58-29-32(3)40-20-19-39(56-66-30-38-18-21-43(54-28-38)59-24-17-22-55-59)31-65-52(10,26-33(58)4)48(71-50-45(60)41(57(12)13)25-34(5)67-50)35(6)46(36(7)49(62)69-42(16-2)53(40,11)63)70-44-27-51(9,64-14)47(61)37(8)68-44/h17-18,21-22,24,28,32-37,40-42,44-48,50,60-61,63H,15-16,19-20,23,25-27,29-31H2,1-14H3/b56-39+/t32-,33+,34+,35-,36+,37-,40+,41-,42+,44-,45+,46-,47-,48+,50-,51+,52+,53-/m0/s1. The van der Waals surface area contributed by atoms with E-state index in [1.807, 2.05) is 78.0 Å². The number of carbonyl (C=O) groups is 1. The van der Waals surface area contributed by atoms with Crippen LogP contribution in [0, 0.1) is 23.7 Å². The first kappa shape index (κ1) is 57.1. The molecular formula is C53H88N6O12. The number of hydrogen-bond donors (Lipinski definition) is 3. The summed E-state index contributed by atoms with van der Waals surface area (Å²) >= 11 is 0. The summed E-state index contributed by atoms with van der Waals surface area (Å²) < 4.78 is 48.7. The number of methoxy groups -OCH3 is 1. The number of aliphatic hydroxyl groups is 3. The zero-order valence-electron chi connectivity index (χ0n) is 45.1. The lowest BCUT2D eigenvalue weighted by atomic mass is 9.72. The third kappa shape index (κ3) is 13.4. The summed E-state index contributed by atoms with van der Waals surface area (Å²) in [5.41, 5.74) is -2.24. The van der Waals surface area contributed by atoms with Crippen LogP contribution >= 0.6 is 0 Å². The molecule has 0 radical (unpaired) electrons. The van der Waals surface area contributed by atoms with Crippen LogP contribution in [0.15, 0.2) is 41.9 Å². The molecular weight excluding hydrogens is 913 g/mol. The van der Waals surface area contributed by atoms with Gasteiger partial charge in [-0.15, -0.1) is 0 Å². The first-order valence-corrected chi connectivity index (χ1v) is 26.2. The molecule has 5 aliphatic heterocycles. The highest BCUT2D eigenvalue weighted by molar-refractivity contribution is 5.85. The molecule has 2 aromatic rings. The van der Waals surface area contributed by atoms with Crippen LogP contribution in [0.3, 0.4) is 0 Å². The molecule has 5 aliphatic rings. The molecule has 18 atom stereocenters. The first-order valence-electron chi connectivity index (χ1n) is 26.2. The minimum absolute atomic E-state index is 0.0369. The lowest BCUT2D eigenvalue weighted by molar-refractivity contribution is -0.320. The predicted molar refractivity (Wildman–Crippen MR) is 267 cm³/mol. The van der Waals surface area contributed by atoms with Crippen molar-refractivity contribution in [1.29, 1.82) is 0 Å².